The Bertz CT molecular complexity index is 698. The van der Waals surface area contributed by atoms with Gasteiger partial charge in [-0.05, 0) is 50.1 Å². The van der Waals surface area contributed by atoms with Crippen LogP contribution in [-0.2, 0) is 0 Å². The van der Waals surface area contributed by atoms with E-state index < -0.39 is 5.91 Å². The van der Waals surface area contributed by atoms with Gasteiger partial charge in [0.1, 0.15) is 18.1 Å². The van der Waals surface area contributed by atoms with Crippen molar-refractivity contribution in [1.82, 2.24) is 15.1 Å². The number of nitrogens with zero attached hydrogens (tertiary/aromatic N) is 2. The number of carbonyl (C=O) groups excluding carboxylic acids is 1. The van der Waals surface area contributed by atoms with E-state index in [0.29, 0.717) is 18.2 Å². The third kappa shape index (κ3) is 4.14. The van der Waals surface area contributed by atoms with E-state index in [1.54, 1.807) is 6.07 Å². The molecule has 128 valence electrons. The normalized spacial score (nSPS) is 18.5. The zero-order valence-corrected chi connectivity index (χ0v) is 14.0. The van der Waals surface area contributed by atoms with E-state index in [-0.39, 0.29) is 0 Å². The van der Waals surface area contributed by atoms with Gasteiger partial charge in [0, 0.05) is 24.7 Å². The SMILES string of the molecule is Cc1cccc(OCCN2CCC[C@H](c3cc(C(N)=O)n[nH]3)C2)c1. The first-order valence-corrected chi connectivity index (χ1v) is 8.39. The molecule has 1 aromatic heterocycles. The second-order valence-electron chi connectivity index (χ2n) is 6.38. The molecule has 1 aliphatic rings. The number of benzene rings is 1. The van der Waals surface area contributed by atoms with E-state index in [2.05, 4.69) is 34.2 Å². The third-order valence-electron chi connectivity index (χ3n) is 4.46. The summed E-state index contributed by atoms with van der Waals surface area (Å²) in [6.45, 7) is 5.64. The van der Waals surface area contributed by atoms with Gasteiger partial charge in [-0.2, -0.15) is 5.10 Å². The van der Waals surface area contributed by atoms with Crippen molar-refractivity contribution < 1.29 is 9.53 Å². The van der Waals surface area contributed by atoms with Gasteiger partial charge in [0.05, 0.1) is 0 Å². The number of H-pyrrole nitrogens is 1. The number of aryl methyl sites for hydroxylation is 1. The maximum absolute atomic E-state index is 11.2. The van der Waals surface area contributed by atoms with Crippen LogP contribution >= 0.6 is 0 Å². The quantitative estimate of drug-likeness (QED) is 0.850. The predicted octanol–water partition coefficient (Wildman–Crippen LogP) is 2.08. The van der Waals surface area contributed by atoms with Crippen LogP contribution in [0.3, 0.4) is 0 Å². The first kappa shape index (κ1) is 16.5. The molecule has 1 saturated heterocycles. The topological polar surface area (TPSA) is 84.2 Å². The Hall–Kier alpha value is -2.34. The summed E-state index contributed by atoms with van der Waals surface area (Å²) < 4.78 is 5.84. The predicted molar refractivity (Wildman–Crippen MR) is 92.2 cm³/mol. The second-order valence-corrected chi connectivity index (χ2v) is 6.38. The number of piperidine rings is 1. The molecule has 0 radical (unpaired) electrons. The van der Waals surface area contributed by atoms with Gasteiger partial charge in [-0.1, -0.05) is 12.1 Å². The zero-order valence-electron chi connectivity index (χ0n) is 14.0. The average Bonchev–Trinajstić information content (AvgIpc) is 3.06. The number of likely N-dealkylation sites (tertiary alicyclic amines) is 1. The number of ether oxygens (including phenoxy) is 1. The Morgan fingerprint density at radius 3 is 3.08 bits per heavy atom. The molecule has 3 N–H and O–H groups in total. The lowest BCUT2D eigenvalue weighted by molar-refractivity contribution is 0.0995. The number of carbonyl (C=O) groups is 1. The summed E-state index contributed by atoms with van der Waals surface area (Å²) in [7, 11) is 0. The van der Waals surface area contributed by atoms with Crippen LogP contribution in [0.25, 0.3) is 0 Å². The van der Waals surface area contributed by atoms with Crippen LogP contribution in [0, 0.1) is 6.92 Å². The summed E-state index contributed by atoms with van der Waals surface area (Å²) in [6.07, 6.45) is 2.22. The van der Waals surface area contributed by atoms with Crippen molar-refractivity contribution in [2.75, 3.05) is 26.2 Å². The lowest BCUT2D eigenvalue weighted by Gasteiger charge is -2.32. The number of hydrogen-bond acceptors (Lipinski definition) is 4. The molecule has 0 spiro atoms. The van der Waals surface area contributed by atoms with Crippen LogP contribution in [0.1, 0.15) is 40.5 Å². The van der Waals surface area contributed by atoms with Gasteiger partial charge in [-0.25, -0.2) is 0 Å². The summed E-state index contributed by atoms with van der Waals surface area (Å²) in [4.78, 5) is 13.6. The minimum atomic E-state index is -0.489. The highest BCUT2D eigenvalue weighted by Crippen LogP contribution is 2.25. The molecule has 24 heavy (non-hydrogen) atoms. The Labute approximate surface area is 142 Å². The highest BCUT2D eigenvalue weighted by Gasteiger charge is 2.23. The number of primary amides is 1. The summed E-state index contributed by atoms with van der Waals surface area (Å²) >= 11 is 0. The molecule has 0 aliphatic carbocycles. The molecule has 1 amide bonds. The molecule has 0 unspecified atom stereocenters. The van der Waals surface area contributed by atoms with E-state index in [1.807, 2.05) is 12.1 Å². The lowest BCUT2D eigenvalue weighted by Crippen LogP contribution is -2.37. The van der Waals surface area contributed by atoms with Crippen molar-refractivity contribution in [2.24, 2.45) is 5.73 Å². The second kappa shape index (κ2) is 7.49. The third-order valence-corrected chi connectivity index (χ3v) is 4.46. The van der Waals surface area contributed by atoms with Crippen LogP contribution in [0.5, 0.6) is 5.75 Å². The summed E-state index contributed by atoms with van der Waals surface area (Å²) in [5.41, 5.74) is 7.77. The van der Waals surface area contributed by atoms with Crippen molar-refractivity contribution in [3.05, 3.63) is 47.3 Å². The van der Waals surface area contributed by atoms with E-state index in [4.69, 9.17) is 10.5 Å². The number of nitrogens with two attached hydrogens (primary N) is 1. The van der Waals surface area contributed by atoms with Gasteiger partial charge in [-0.3, -0.25) is 14.8 Å². The molecule has 0 bridgehead atoms. The fourth-order valence-electron chi connectivity index (χ4n) is 3.18. The standard InChI is InChI=1S/C18H24N4O2/c1-13-4-2-6-15(10-13)24-9-8-22-7-3-5-14(12-22)16-11-17(18(19)23)21-20-16/h2,4,6,10-11,14H,3,5,7-9,12H2,1H3,(H2,19,23)(H,20,21)/t14-/m0/s1. The molecule has 3 rings (SSSR count). The van der Waals surface area contributed by atoms with E-state index in [0.717, 1.165) is 43.9 Å². The minimum Gasteiger partial charge on any atom is -0.492 e. The average molecular weight is 328 g/mol. The Kier molecular flexibility index (Phi) is 5.15. The van der Waals surface area contributed by atoms with Gasteiger partial charge in [0.15, 0.2) is 0 Å². The van der Waals surface area contributed by atoms with Crippen LogP contribution in [0.2, 0.25) is 0 Å². The monoisotopic (exact) mass is 328 g/mol. The van der Waals surface area contributed by atoms with Crippen molar-refractivity contribution in [1.29, 1.82) is 0 Å². The number of nitrogens with one attached hydrogen (secondary N) is 1. The van der Waals surface area contributed by atoms with Crippen molar-refractivity contribution in [3.8, 4) is 5.75 Å². The van der Waals surface area contributed by atoms with Gasteiger partial charge in [0.2, 0.25) is 0 Å². The molecule has 1 aromatic carbocycles. The summed E-state index contributed by atoms with van der Waals surface area (Å²) in [5.74, 6) is 0.790. The minimum absolute atomic E-state index is 0.310. The van der Waals surface area contributed by atoms with Crippen LogP contribution in [0.15, 0.2) is 30.3 Å². The van der Waals surface area contributed by atoms with Gasteiger partial charge < -0.3 is 10.5 Å². The van der Waals surface area contributed by atoms with Crippen LogP contribution < -0.4 is 10.5 Å². The Balaban J connectivity index is 1.50. The Morgan fingerprint density at radius 2 is 2.33 bits per heavy atom. The summed E-state index contributed by atoms with van der Waals surface area (Å²) in [5, 5.41) is 6.94. The molecule has 6 heteroatoms. The van der Waals surface area contributed by atoms with Crippen LogP contribution in [-0.4, -0.2) is 47.2 Å². The zero-order chi connectivity index (χ0) is 16.9. The number of aromatic nitrogens is 2. The van der Waals surface area contributed by atoms with Crippen molar-refractivity contribution in [3.63, 3.8) is 0 Å². The highest BCUT2D eigenvalue weighted by molar-refractivity contribution is 5.90. The fraction of sp³-hybridized carbons (Fsp3) is 0.444. The van der Waals surface area contributed by atoms with E-state index >= 15 is 0 Å². The van der Waals surface area contributed by atoms with E-state index in [1.165, 1.54) is 5.56 Å². The molecule has 1 atom stereocenters. The van der Waals surface area contributed by atoms with Gasteiger partial charge >= 0.3 is 0 Å². The molecule has 2 aromatic rings. The van der Waals surface area contributed by atoms with E-state index in [9.17, 15) is 4.79 Å². The number of hydrogen-bond donors (Lipinski definition) is 2. The van der Waals surface area contributed by atoms with Gasteiger partial charge in [0.25, 0.3) is 5.91 Å². The molecular weight excluding hydrogens is 304 g/mol. The molecule has 0 saturated carbocycles. The number of amides is 1. The maximum atomic E-state index is 11.2. The Morgan fingerprint density at radius 1 is 1.46 bits per heavy atom. The summed E-state index contributed by atoms with van der Waals surface area (Å²) in [6, 6.07) is 9.89. The number of aromatic amines is 1. The molecular formula is C18H24N4O2. The molecule has 2 heterocycles. The largest absolute Gasteiger partial charge is 0.492 e. The number of rotatable bonds is 6. The van der Waals surface area contributed by atoms with Gasteiger partial charge in [-0.15, -0.1) is 0 Å². The highest BCUT2D eigenvalue weighted by atomic mass is 16.5. The maximum Gasteiger partial charge on any atom is 0.269 e. The first-order chi connectivity index (χ1) is 11.6. The lowest BCUT2D eigenvalue weighted by atomic mass is 9.94. The molecule has 1 aliphatic heterocycles. The molecule has 6 nitrogen and oxygen atoms in total. The van der Waals surface area contributed by atoms with Crippen LogP contribution in [0.4, 0.5) is 0 Å². The smallest absolute Gasteiger partial charge is 0.269 e. The van der Waals surface area contributed by atoms with Crippen molar-refractivity contribution in [2.45, 2.75) is 25.7 Å². The first-order valence-electron chi connectivity index (χ1n) is 8.39. The fourth-order valence-corrected chi connectivity index (χ4v) is 3.18. The van der Waals surface area contributed by atoms with Crippen molar-refractivity contribution >= 4 is 5.91 Å². The molecule has 1 fully saturated rings.